The second-order valence-corrected chi connectivity index (χ2v) is 8.49. The molecule has 8 heteroatoms. The lowest BCUT2D eigenvalue weighted by Crippen LogP contribution is -2.27. The Labute approximate surface area is 168 Å². The number of Topliss-reactive ketones (excluding diaryl/α,β-unsaturated/α-hetero) is 1. The summed E-state index contributed by atoms with van der Waals surface area (Å²) in [5.41, 5.74) is 0.866. The molecular weight excluding hydrogens is 397 g/mol. The lowest BCUT2D eigenvalue weighted by Gasteiger charge is -2.15. The molecule has 0 unspecified atom stereocenters. The molecule has 0 radical (unpaired) electrons. The molecule has 0 spiro atoms. The average Bonchev–Trinajstić information content (AvgIpc) is 3.27. The van der Waals surface area contributed by atoms with E-state index in [1.807, 2.05) is 0 Å². The first-order valence-electron chi connectivity index (χ1n) is 9.10. The molecule has 2 aromatic rings. The fourth-order valence-corrected chi connectivity index (χ4v) is 4.41. The smallest absolute Gasteiger partial charge is 0.331 e. The van der Waals surface area contributed by atoms with Gasteiger partial charge in [-0.1, -0.05) is 12.1 Å². The Morgan fingerprint density at radius 1 is 1.00 bits per heavy atom. The summed E-state index contributed by atoms with van der Waals surface area (Å²) in [6.45, 7) is 0.541. The predicted molar refractivity (Wildman–Crippen MR) is 105 cm³/mol. The van der Waals surface area contributed by atoms with Crippen LogP contribution in [0, 0.1) is 5.82 Å². The second-order valence-electron chi connectivity index (χ2n) is 6.55. The molecule has 1 saturated heterocycles. The van der Waals surface area contributed by atoms with E-state index >= 15 is 0 Å². The Morgan fingerprint density at radius 3 is 2.24 bits per heavy atom. The molecule has 1 aliphatic heterocycles. The SMILES string of the molecule is O=C(/C=C/c1ccc(F)cc1)OCC(=O)c1ccc(S(=O)(=O)N2CCCC2)cc1. The van der Waals surface area contributed by atoms with Crippen LogP contribution in [-0.4, -0.2) is 44.2 Å². The van der Waals surface area contributed by atoms with Gasteiger partial charge in [-0.2, -0.15) is 4.31 Å². The van der Waals surface area contributed by atoms with Crippen LogP contribution in [0.3, 0.4) is 0 Å². The molecule has 0 bridgehead atoms. The molecule has 0 atom stereocenters. The van der Waals surface area contributed by atoms with Crippen molar-refractivity contribution in [2.75, 3.05) is 19.7 Å². The van der Waals surface area contributed by atoms with E-state index in [2.05, 4.69) is 0 Å². The molecule has 0 amide bonds. The third kappa shape index (κ3) is 5.36. The van der Waals surface area contributed by atoms with Crippen LogP contribution in [0.2, 0.25) is 0 Å². The summed E-state index contributed by atoms with van der Waals surface area (Å²) in [6, 6.07) is 11.1. The third-order valence-corrected chi connectivity index (χ3v) is 6.42. The van der Waals surface area contributed by atoms with Crippen molar-refractivity contribution < 1.29 is 27.1 Å². The lowest BCUT2D eigenvalue weighted by molar-refractivity contribution is -0.136. The van der Waals surface area contributed by atoms with E-state index in [9.17, 15) is 22.4 Å². The van der Waals surface area contributed by atoms with Gasteiger partial charge in [0.15, 0.2) is 12.4 Å². The number of esters is 1. The van der Waals surface area contributed by atoms with Crippen molar-refractivity contribution in [2.24, 2.45) is 0 Å². The lowest BCUT2D eigenvalue weighted by atomic mass is 10.1. The van der Waals surface area contributed by atoms with Gasteiger partial charge in [-0.3, -0.25) is 4.79 Å². The van der Waals surface area contributed by atoms with Crippen LogP contribution in [-0.2, 0) is 19.6 Å². The van der Waals surface area contributed by atoms with E-state index in [1.165, 1.54) is 58.9 Å². The van der Waals surface area contributed by atoms with Gasteiger partial charge in [-0.15, -0.1) is 0 Å². The number of hydrogen-bond donors (Lipinski definition) is 0. The topological polar surface area (TPSA) is 80.8 Å². The number of ether oxygens (including phenoxy) is 1. The Bertz CT molecular complexity index is 1010. The van der Waals surface area contributed by atoms with Gasteiger partial charge in [-0.25, -0.2) is 17.6 Å². The highest BCUT2D eigenvalue weighted by molar-refractivity contribution is 7.89. The van der Waals surface area contributed by atoms with Gasteiger partial charge in [0.25, 0.3) is 0 Å². The molecule has 1 aliphatic rings. The zero-order valence-electron chi connectivity index (χ0n) is 15.6. The van der Waals surface area contributed by atoms with E-state index in [1.54, 1.807) is 0 Å². The van der Waals surface area contributed by atoms with E-state index in [0.29, 0.717) is 18.7 Å². The van der Waals surface area contributed by atoms with Gasteiger partial charge in [0.2, 0.25) is 10.0 Å². The normalized spacial score (nSPS) is 14.9. The molecule has 1 fully saturated rings. The molecule has 0 saturated carbocycles. The maximum Gasteiger partial charge on any atom is 0.331 e. The Hall–Kier alpha value is -2.84. The molecule has 0 aliphatic carbocycles. The number of rotatable bonds is 7. The zero-order valence-corrected chi connectivity index (χ0v) is 16.4. The summed E-state index contributed by atoms with van der Waals surface area (Å²) in [7, 11) is -3.54. The van der Waals surface area contributed by atoms with Crippen molar-refractivity contribution in [1.82, 2.24) is 4.31 Å². The van der Waals surface area contributed by atoms with Crippen LogP contribution >= 0.6 is 0 Å². The maximum absolute atomic E-state index is 12.8. The van der Waals surface area contributed by atoms with Crippen molar-refractivity contribution in [3.05, 3.63) is 71.6 Å². The van der Waals surface area contributed by atoms with Crippen molar-refractivity contribution >= 4 is 27.9 Å². The van der Waals surface area contributed by atoms with Gasteiger partial charge in [0.05, 0.1) is 4.90 Å². The summed E-state index contributed by atoms with van der Waals surface area (Å²) in [5, 5.41) is 0. The summed E-state index contributed by atoms with van der Waals surface area (Å²) >= 11 is 0. The van der Waals surface area contributed by atoms with Gasteiger partial charge in [0.1, 0.15) is 5.82 Å². The van der Waals surface area contributed by atoms with Crippen LogP contribution in [0.25, 0.3) is 6.08 Å². The highest BCUT2D eigenvalue weighted by Gasteiger charge is 2.27. The van der Waals surface area contributed by atoms with Crippen LogP contribution in [0.15, 0.2) is 59.5 Å². The first-order chi connectivity index (χ1) is 13.9. The Morgan fingerprint density at radius 2 is 1.62 bits per heavy atom. The fourth-order valence-electron chi connectivity index (χ4n) is 2.90. The first-order valence-corrected chi connectivity index (χ1v) is 10.5. The number of benzene rings is 2. The summed E-state index contributed by atoms with van der Waals surface area (Å²) in [5.74, 6) is -1.54. The minimum Gasteiger partial charge on any atom is -0.454 e. The number of ketones is 1. The molecule has 29 heavy (non-hydrogen) atoms. The summed E-state index contributed by atoms with van der Waals surface area (Å²) < 4.78 is 44.1. The summed E-state index contributed by atoms with van der Waals surface area (Å²) in [6.07, 6.45) is 4.28. The number of carbonyl (C=O) groups is 2. The van der Waals surface area contributed by atoms with Crippen molar-refractivity contribution in [3.63, 3.8) is 0 Å². The molecule has 152 valence electrons. The fraction of sp³-hybridized carbons (Fsp3) is 0.238. The highest BCUT2D eigenvalue weighted by atomic mass is 32.2. The number of sulfonamides is 1. The monoisotopic (exact) mass is 417 g/mol. The number of halogens is 1. The molecule has 2 aromatic carbocycles. The van der Waals surface area contributed by atoms with Crippen molar-refractivity contribution in [2.45, 2.75) is 17.7 Å². The maximum atomic E-state index is 12.8. The molecule has 6 nitrogen and oxygen atoms in total. The first kappa shape index (κ1) is 20.9. The van der Waals surface area contributed by atoms with Crippen molar-refractivity contribution in [1.29, 1.82) is 0 Å². The minimum atomic E-state index is -3.54. The molecule has 0 aromatic heterocycles. The molecule has 3 rings (SSSR count). The Balaban J connectivity index is 1.55. The highest BCUT2D eigenvalue weighted by Crippen LogP contribution is 2.21. The number of hydrogen-bond acceptors (Lipinski definition) is 5. The number of carbonyl (C=O) groups excluding carboxylic acids is 2. The standard InChI is InChI=1S/C21H20FNO5S/c22-18-8-3-16(4-9-18)5-12-21(25)28-15-20(24)17-6-10-19(11-7-17)29(26,27)23-13-1-2-14-23/h3-12H,1-2,13-15H2/b12-5+. The van der Waals surface area contributed by atoms with Crippen LogP contribution < -0.4 is 0 Å². The molecule has 0 N–H and O–H groups in total. The van der Waals surface area contributed by atoms with E-state index in [-0.39, 0.29) is 16.3 Å². The van der Waals surface area contributed by atoms with E-state index in [0.717, 1.165) is 18.9 Å². The molecular formula is C21H20FNO5S. The average molecular weight is 417 g/mol. The second kappa shape index (κ2) is 9.11. The largest absolute Gasteiger partial charge is 0.454 e. The zero-order chi connectivity index (χ0) is 20.9. The van der Waals surface area contributed by atoms with Gasteiger partial charge < -0.3 is 4.74 Å². The van der Waals surface area contributed by atoms with Crippen LogP contribution in [0.1, 0.15) is 28.8 Å². The Kier molecular flexibility index (Phi) is 6.56. The quantitative estimate of drug-likeness (QED) is 0.393. The molecule has 1 heterocycles. The van der Waals surface area contributed by atoms with Crippen LogP contribution in [0.5, 0.6) is 0 Å². The third-order valence-electron chi connectivity index (χ3n) is 4.51. The number of nitrogens with zero attached hydrogens (tertiary/aromatic N) is 1. The van der Waals surface area contributed by atoms with Gasteiger partial charge in [-0.05, 0) is 60.9 Å². The van der Waals surface area contributed by atoms with Gasteiger partial charge in [0, 0.05) is 24.7 Å². The van der Waals surface area contributed by atoms with E-state index < -0.39 is 28.4 Å². The predicted octanol–water partition coefficient (Wildman–Crippen LogP) is 3.05. The van der Waals surface area contributed by atoms with E-state index in [4.69, 9.17) is 4.74 Å². The minimum absolute atomic E-state index is 0.134. The van der Waals surface area contributed by atoms with Crippen LogP contribution in [0.4, 0.5) is 4.39 Å². The van der Waals surface area contributed by atoms with Crippen molar-refractivity contribution in [3.8, 4) is 0 Å². The van der Waals surface area contributed by atoms with Gasteiger partial charge >= 0.3 is 5.97 Å². The summed E-state index contributed by atoms with van der Waals surface area (Å²) in [4.78, 5) is 24.0.